The van der Waals surface area contributed by atoms with Gasteiger partial charge in [-0.3, -0.25) is 4.79 Å². The highest BCUT2D eigenvalue weighted by molar-refractivity contribution is 8.01. The van der Waals surface area contributed by atoms with E-state index in [2.05, 4.69) is 40.6 Å². The lowest BCUT2D eigenvalue weighted by molar-refractivity contribution is -0.138. The first-order valence-electron chi connectivity index (χ1n) is 11.5. The molecule has 1 aliphatic carbocycles. The van der Waals surface area contributed by atoms with Gasteiger partial charge >= 0.3 is 5.97 Å². The van der Waals surface area contributed by atoms with Crippen LogP contribution in [0.15, 0.2) is 53.7 Å². The van der Waals surface area contributed by atoms with Gasteiger partial charge in [0.05, 0.1) is 19.7 Å². The van der Waals surface area contributed by atoms with Gasteiger partial charge in [-0.2, -0.15) is 0 Å². The first-order chi connectivity index (χ1) is 16.8. The molecule has 1 fully saturated rings. The van der Waals surface area contributed by atoms with E-state index < -0.39 is 10.7 Å². The van der Waals surface area contributed by atoms with Crippen molar-refractivity contribution in [2.24, 2.45) is 0 Å². The van der Waals surface area contributed by atoms with Crippen molar-refractivity contribution in [2.75, 3.05) is 19.5 Å². The molecule has 0 spiro atoms. The zero-order chi connectivity index (χ0) is 24.7. The van der Waals surface area contributed by atoms with E-state index >= 15 is 0 Å². The second-order valence-electron chi connectivity index (χ2n) is 9.14. The van der Waals surface area contributed by atoms with Crippen molar-refractivity contribution in [1.29, 1.82) is 0 Å². The van der Waals surface area contributed by atoms with Crippen LogP contribution in [-0.2, 0) is 4.79 Å². The molecule has 35 heavy (non-hydrogen) atoms. The molecule has 0 unspecified atom stereocenters. The summed E-state index contributed by atoms with van der Waals surface area (Å²) in [5.74, 6) is 1.37. The number of hydrogen-bond donors (Lipinski definition) is 2. The number of rotatable bonds is 8. The third kappa shape index (κ3) is 4.46. The number of nitrogens with zero attached hydrogens (tertiary/aromatic N) is 2. The second kappa shape index (κ2) is 8.92. The maximum atomic E-state index is 11.8. The van der Waals surface area contributed by atoms with Crippen molar-refractivity contribution in [1.82, 2.24) is 9.97 Å². The number of anilines is 2. The zero-order valence-electron chi connectivity index (χ0n) is 20.1. The Bertz CT molecular complexity index is 1450. The average Bonchev–Trinajstić information content (AvgIpc) is 3.68. The number of aromatic nitrogens is 2. The van der Waals surface area contributed by atoms with Crippen molar-refractivity contribution in [3.05, 3.63) is 54.1 Å². The van der Waals surface area contributed by atoms with Crippen LogP contribution in [0, 0.1) is 0 Å². The number of hydrogen-bond acceptors (Lipinski definition) is 7. The van der Waals surface area contributed by atoms with Crippen LogP contribution < -0.4 is 14.8 Å². The summed E-state index contributed by atoms with van der Waals surface area (Å²) in [6, 6.07) is 16.3. The van der Waals surface area contributed by atoms with Gasteiger partial charge in [0.15, 0.2) is 16.7 Å². The van der Waals surface area contributed by atoms with Gasteiger partial charge in [-0.1, -0.05) is 42.1 Å². The van der Waals surface area contributed by atoms with Gasteiger partial charge < -0.3 is 19.9 Å². The molecule has 180 valence electrons. The molecule has 1 saturated carbocycles. The molecular formula is C27H27N3O4S. The molecule has 0 atom stereocenters. The molecule has 0 amide bonds. The number of aliphatic carboxylic acids is 1. The van der Waals surface area contributed by atoms with Gasteiger partial charge in [0.25, 0.3) is 0 Å². The Kier molecular flexibility index (Phi) is 5.92. The third-order valence-electron chi connectivity index (χ3n) is 6.27. The number of carboxylic acids is 1. The molecule has 0 aliphatic heterocycles. The summed E-state index contributed by atoms with van der Waals surface area (Å²) in [6.45, 7) is 3.28. The molecule has 1 heterocycles. The predicted molar refractivity (Wildman–Crippen MR) is 139 cm³/mol. The fourth-order valence-corrected chi connectivity index (χ4v) is 4.98. The summed E-state index contributed by atoms with van der Waals surface area (Å²) < 4.78 is 9.90. The SMILES string of the molecule is COc1cc2nc(SC(C)(C)C(=O)O)nc(Nc3ccc(C4CC4)c4ccccc34)c2cc1OC. The highest BCUT2D eigenvalue weighted by atomic mass is 32.2. The van der Waals surface area contributed by atoms with Crippen LogP contribution in [-0.4, -0.2) is 40.0 Å². The Labute approximate surface area is 207 Å². The molecule has 1 aliphatic rings. The molecule has 3 aromatic carbocycles. The number of thioether (sulfide) groups is 1. The molecule has 8 heteroatoms. The second-order valence-corrected chi connectivity index (χ2v) is 10.7. The minimum Gasteiger partial charge on any atom is -0.493 e. The Morgan fingerprint density at radius 1 is 1.00 bits per heavy atom. The topological polar surface area (TPSA) is 93.6 Å². The largest absolute Gasteiger partial charge is 0.493 e. The molecule has 1 aromatic heterocycles. The highest BCUT2D eigenvalue weighted by Crippen LogP contribution is 2.45. The van der Waals surface area contributed by atoms with E-state index in [4.69, 9.17) is 14.5 Å². The Morgan fingerprint density at radius 3 is 2.34 bits per heavy atom. The molecule has 7 nitrogen and oxygen atoms in total. The van der Waals surface area contributed by atoms with E-state index in [1.165, 1.54) is 23.8 Å². The van der Waals surface area contributed by atoms with Crippen LogP contribution in [0.1, 0.15) is 38.2 Å². The van der Waals surface area contributed by atoms with Crippen molar-refractivity contribution in [2.45, 2.75) is 42.5 Å². The van der Waals surface area contributed by atoms with Crippen LogP contribution in [0.4, 0.5) is 11.5 Å². The minimum atomic E-state index is -1.10. The average molecular weight is 490 g/mol. The fraction of sp³-hybridized carbons (Fsp3) is 0.296. The first-order valence-corrected chi connectivity index (χ1v) is 12.3. The normalized spacial score (nSPS) is 13.7. The summed E-state index contributed by atoms with van der Waals surface area (Å²) >= 11 is 1.10. The smallest absolute Gasteiger partial charge is 0.319 e. The van der Waals surface area contributed by atoms with Gasteiger partial charge in [-0.25, -0.2) is 9.97 Å². The number of benzene rings is 3. The van der Waals surface area contributed by atoms with Crippen molar-refractivity contribution < 1.29 is 19.4 Å². The Morgan fingerprint density at radius 2 is 1.69 bits per heavy atom. The molecule has 2 N–H and O–H groups in total. The predicted octanol–water partition coefficient (Wildman–Crippen LogP) is 6.38. The lowest BCUT2D eigenvalue weighted by Gasteiger charge is -2.19. The maximum absolute atomic E-state index is 11.8. The standard InChI is InChI=1S/C27H27N3O4S/c1-27(2,25(31)32)35-26-29-21-14-23(34-4)22(33-3)13-19(21)24(30-26)28-20-12-11-16(15-9-10-15)17-7-5-6-8-18(17)20/h5-8,11-15H,9-10H2,1-4H3,(H,31,32)(H,28,29,30). The van der Waals surface area contributed by atoms with E-state index in [0.29, 0.717) is 33.9 Å². The molecule has 0 saturated heterocycles. The molecule has 0 radical (unpaired) electrons. The first kappa shape index (κ1) is 23.2. The number of carbonyl (C=O) groups is 1. The van der Waals surface area contributed by atoms with Crippen LogP contribution in [0.25, 0.3) is 21.7 Å². The quantitative estimate of drug-likeness (QED) is 0.218. The molecule has 4 aromatic rings. The summed E-state index contributed by atoms with van der Waals surface area (Å²) in [5, 5.41) is 16.6. The number of carboxylic acid groups (broad SMARTS) is 1. The zero-order valence-corrected chi connectivity index (χ0v) is 20.9. The lowest BCUT2D eigenvalue weighted by Crippen LogP contribution is -2.27. The summed E-state index contributed by atoms with van der Waals surface area (Å²) in [7, 11) is 3.15. The van der Waals surface area contributed by atoms with Gasteiger partial charge in [0.1, 0.15) is 10.6 Å². The number of nitrogens with one attached hydrogen (secondary N) is 1. The van der Waals surface area contributed by atoms with E-state index in [9.17, 15) is 9.90 Å². The van der Waals surface area contributed by atoms with Gasteiger partial charge in [-0.15, -0.1) is 0 Å². The van der Waals surface area contributed by atoms with E-state index in [1.54, 1.807) is 34.1 Å². The summed E-state index contributed by atoms with van der Waals surface area (Å²) in [6.07, 6.45) is 2.46. The molecule has 0 bridgehead atoms. The fourth-order valence-electron chi connectivity index (χ4n) is 4.16. The maximum Gasteiger partial charge on any atom is 0.319 e. The number of methoxy groups -OCH3 is 2. The number of ether oxygens (including phenoxy) is 2. The van der Waals surface area contributed by atoms with Crippen molar-refractivity contribution in [3.63, 3.8) is 0 Å². The van der Waals surface area contributed by atoms with Crippen LogP contribution in [0.5, 0.6) is 11.5 Å². The molecular weight excluding hydrogens is 462 g/mol. The summed E-state index contributed by atoms with van der Waals surface area (Å²) in [5.41, 5.74) is 2.93. The van der Waals surface area contributed by atoms with Crippen LogP contribution >= 0.6 is 11.8 Å². The lowest BCUT2D eigenvalue weighted by atomic mass is 9.99. The van der Waals surface area contributed by atoms with Crippen molar-refractivity contribution in [3.8, 4) is 11.5 Å². The number of fused-ring (bicyclic) bond motifs is 2. The minimum absolute atomic E-state index is 0.360. The summed E-state index contributed by atoms with van der Waals surface area (Å²) in [4.78, 5) is 21.2. The molecule has 5 rings (SSSR count). The van der Waals surface area contributed by atoms with Crippen molar-refractivity contribution >= 4 is 50.9 Å². The van der Waals surface area contributed by atoms with Gasteiger partial charge in [-0.05, 0) is 55.7 Å². The monoisotopic (exact) mass is 489 g/mol. The van der Waals surface area contributed by atoms with Crippen LogP contribution in [0.2, 0.25) is 0 Å². The van der Waals surface area contributed by atoms with Gasteiger partial charge in [0.2, 0.25) is 0 Å². The van der Waals surface area contributed by atoms with E-state index in [1.807, 2.05) is 12.1 Å². The van der Waals surface area contributed by atoms with E-state index in [0.717, 1.165) is 28.2 Å². The van der Waals surface area contributed by atoms with Crippen LogP contribution in [0.3, 0.4) is 0 Å². The highest BCUT2D eigenvalue weighted by Gasteiger charge is 2.31. The Hall–Kier alpha value is -3.52. The Balaban J connectivity index is 1.67. The van der Waals surface area contributed by atoms with Gasteiger partial charge in [0, 0.05) is 22.5 Å². The van der Waals surface area contributed by atoms with E-state index in [-0.39, 0.29) is 0 Å². The third-order valence-corrected chi connectivity index (χ3v) is 7.32.